The van der Waals surface area contributed by atoms with Gasteiger partial charge in [0.1, 0.15) is 0 Å². The summed E-state index contributed by atoms with van der Waals surface area (Å²) in [6.45, 7) is 16.5. The number of hydrogen-bond acceptors (Lipinski definition) is 2. The van der Waals surface area contributed by atoms with Gasteiger partial charge in [0.25, 0.3) is 0 Å². The number of benzene rings is 1. The van der Waals surface area contributed by atoms with Gasteiger partial charge in [-0.2, -0.15) is 0 Å². The first-order valence-electron chi connectivity index (χ1n) is 14.9. The first kappa shape index (κ1) is 30.7. The van der Waals surface area contributed by atoms with Crippen LogP contribution in [0.2, 0.25) is 17.2 Å². The summed E-state index contributed by atoms with van der Waals surface area (Å²) in [6.07, 6.45) is 12.0. The van der Waals surface area contributed by atoms with E-state index in [4.69, 9.17) is 4.74 Å². The molecule has 3 heteroatoms. The SMILES string of the molecule is CCC[CH2][Sn]([CH2]CCC)([CH2]CCC)[C@H](C)CC(=O)O[C@@H]1C[C@H](C)CC[C@H]1C(C)(C)c1ccccc1. The first-order valence-corrected chi connectivity index (χ1v) is 22.6. The van der Waals surface area contributed by atoms with Crippen molar-refractivity contribution in [1.29, 1.82) is 0 Å². The Bertz CT molecular complexity index is 707. The average Bonchev–Trinajstić information content (AvgIpc) is 2.84. The molecule has 0 radical (unpaired) electrons. The van der Waals surface area contributed by atoms with Crippen LogP contribution in [0, 0.1) is 11.8 Å². The Morgan fingerprint density at radius 1 is 0.971 bits per heavy atom. The number of hydrogen-bond donors (Lipinski definition) is 0. The zero-order valence-electron chi connectivity index (χ0n) is 24.2. The van der Waals surface area contributed by atoms with E-state index in [0.29, 0.717) is 22.2 Å². The van der Waals surface area contributed by atoms with Gasteiger partial charge in [0.15, 0.2) is 0 Å². The fourth-order valence-corrected chi connectivity index (χ4v) is 23.9. The van der Waals surface area contributed by atoms with Crippen LogP contribution in [0.25, 0.3) is 0 Å². The van der Waals surface area contributed by atoms with Crippen LogP contribution in [0.3, 0.4) is 0 Å². The van der Waals surface area contributed by atoms with Gasteiger partial charge in [-0.3, -0.25) is 0 Å². The summed E-state index contributed by atoms with van der Waals surface area (Å²) in [5.41, 5.74) is 1.37. The van der Waals surface area contributed by atoms with Crippen LogP contribution in [0.5, 0.6) is 0 Å². The van der Waals surface area contributed by atoms with Gasteiger partial charge in [-0.05, 0) is 0 Å². The summed E-state index contributed by atoms with van der Waals surface area (Å²) >= 11 is -2.43. The Morgan fingerprint density at radius 3 is 2.03 bits per heavy atom. The minimum atomic E-state index is -2.43. The number of esters is 1. The van der Waals surface area contributed by atoms with Crippen molar-refractivity contribution in [3.8, 4) is 0 Å². The standard InChI is InChI=1S/C20H29O2.3C4H9.Sn/c1-5-9-19(21)22-18-14-15(2)12-13-17(18)20(3,4)16-10-7-6-8-11-16;3*1-3-4-2;/h5-8,10-11,15,17-18H,9,12-14H2,1-4H3;3*1,3-4H2,2H3;/t15-,17-,18-;;;;/m1..../s1. The zero-order chi connectivity index (χ0) is 25.9. The van der Waals surface area contributed by atoms with Gasteiger partial charge in [0, 0.05) is 0 Å². The molecule has 1 fully saturated rings. The molecule has 0 aliphatic heterocycles. The van der Waals surface area contributed by atoms with E-state index in [0.717, 1.165) is 12.8 Å². The summed E-state index contributed by atoms with van der Waals surface area (Å²) in [7, 11) is 0. The molecular formula is C32H56O2Sn. The summed E-state index contributed by atoms with van der Waals surface area (Å²) < 4.78 is 11.4. The van der Waals surface area contributed by atoms with Gasteiger partial charge in [0.05, 0.1) is 0 Å². The van der Waals surface area contributed by atoms with Gasteiger partial charge in [-0.25, -0.2) is 0 Å². The third kappa shape index (κ3) is 8.78. The van der Waals surface area contributed by atoms with Crippen molar-refractivity contribution in [2.24, 2.45) is 11.8 Å². The van der Waals surface area contributed by atoms with Crippen molar-refractivity contribution in [3.63, 3.8) is 0 Å². The van der Waals surface area contributed by atoms with E-state index in [1.165, 1.54) is 63.8 Å². The molecule has 0 N–H and O–H groups in total. The van der Waals surface area contributed by atoms with E-state index in [9.17, 15) is 4.79 Å². The Balaban J connectivity index is 2.17. The quantitative estimate of drug-likeness (QED) is 0.150. The molecule has 4 atom stereocenters. The van der Waals surface area contributed by atoms with E-state index in [1.807, 2.05) is 0 Å². The van der Waals surface area contributed by atoms with Crippen molar-refractivity contribution in [2.75, 3.05) is 0 Å². The molecule has 0 saturated heterocycles. The monoisotopic (exact) mass is 592 g/mol. The van der Waals surface area contributed by atoms with Crippen molar-refractivity contribution < 1.29 is 9.53 Å². The van der Waals surface area contributed by atoms with E-state index in [2.05, 4.69) is 78.8 Å². The topological polar surface area (TPSA) is 26.3 Å². The van der Waals surface area contributed by atoms with Gasteiger partial charge in [-0.1, -0.05) is 0 Å². The van der Waals surface area contributed by atoms with E-state index in [1.54, 1.807) is 0 Å². The molecule has 2 rings (SSSR count). The van der Waals surface area contributed by atoms with Crippen LogP contribution >= 0.6 is 0 Å². The van der Waals surface area contributed by atoms with E-state index < -0.39 is 18.4 Å². The molecule has 35 heavy (non-hydrogen) atoms. The van der Waals surface area contributed by atoms with Crippen molar-refractivity contribution >= 4 is 24.3 Å². The van der Waals surface area contributed by atoms with Crippen LogP contribution in [-0.2, 0) is 14.9 Å². The Kier molecular flexibility index (Phi) is 13.2. The second-order valence-electron chi connectivity index (χ2n) is 12.4. The second kappa shape index (κ2) is 15.0. The molecule has 1 aromatic rings. The summed E-state index contributed by atoms with van der Waals surface area (Å²) in [6, 6.07) is 10.9. The molecule has 0 aromatic heterocycles. The van der Waals surface area contributed by atoms with Gasteiger partial charge in [0.2, 0.25) is 0 Å². The fourth-order valence-electron chi connectivity index (χ4n) is 6.75. The fraction of sp³-hybridized carbons (Fsp3) is 0.781. The Labute approximate surface area is 222 Å². The Morgan fingerprint density at radius 2 is 1.51 bits per heavy atom. The molecule has 0 bridgehead atoms. The maximum absolute atomic E-state index is 13.5. The molecule has 1 aliphatic rings. The molecule has 1 saturated carbocycles. The van der Waals surface area contributed by atoms with Crippen LogP contribution in [0.4, 0.5) is 0 Å². The second-order valence-corrected chi connectivity index (χ2v) is 27.3. The number of rotatable bonds is 15. The molecule has 0 spiro atoms. The van der Waals surface area contributed by atoms with Gasteiger partial charge in [-0.15, -0.1) is 0 Å². The average molecular weight is 592 g/mol. The van der Waals surface area contributed by atoms with Crippen molar-refractivity contribution in [3.05, 3.63) is 35.9 Å². The van der Waals surface area contributed by atoms with Crippen LogP contribution in [0.15, 0.2) is 30.3 Å². The molecule has 200 valence electrons. The summed E-state index contributed by atoms with van der Waals surface area (Å²) in [5, 5.41) is 0. The third-order valence-electron chi connectivity index (χ3n) is 9.38. The summed E-state index contributed by atoms with van der Waals surface area (Å²) in [5.74, 6) is 1.11. The molecule has 2 nitrogen and oxygen atoms in total. The zero-order valence-corrected chi connectivity index (χ0v) is 27.1. The van der Waals surface area contributed by atoms with Crippen molar-refractivity contribution in [1.82, 2.24) is 0 Å². The molecule has 0 heterocycles. The minimum absolute atomic E-state index is 0.00429. The Hall–Kier alpha value is -0.511. The predicted octanol–water partition coefficient (Wildman–Crippen LogP) is 9.94. The number of unbranched alkanes of at least 4 members (excludes halogenated alkanes) is 3. The number of carbonyl (C=O) groups is 1. The third-order valence-corrected chi connectivity index (χ3v) is 27.5. The molecule has 1 aromatic carbocycles. The van der Waals surface area contributed by atoms with E-state index in [-0.39, 0.29) is 17.5 Å². The van der Waals surface area contributed by atoms with Crippen LogP contribution in [-0.4, -0.2) is 30.5 Å². The molecular weight excluding hydrogens is 535 g/mol. The first-order chi connectivity index (χ1) is 16.7. The maximum atomic E-state index is 13.5. The van der Waals surface area contributed by atoms with Crippen LogP contribution in [0.1, 0.15) is 118 Å². The molecule has 0 amide bonds. The summed E-state index contributed by atoms with van der Waals surface area (Å²) in [4.78, 5) is 13.5. The molecule has 0 unspecified atom stereocenters. The van der Waals surface area contributed by atoms with E-state index >= 15 is 0 Å². The predicted molar refractivity (Wildman–Crippen MR) is 155 cm³/mol. The normalized spacial score (nSPS) is 22.1. The van der Waals surface area contributed by atoms with Crippen molar-refractivity contribution in [2.45, 2.75) is 141 Å². The van der Waals surface area contributed by atoms with Gasteiger partial charge >= 0.3 is 223 Å². The van der Waals surface area contributed by atoms with Gasteiger partial charge < -0.3 is 0 Å². The molecule has 1 aliphatic carbocycles. The number of ether oxygens (including phenoxy) is 1. The van der Waals surface area contributed by atoms with Crippen LogP contribution < -0.4 is 0 Å². The number of carbonyl (C=O) groups excluding carboxylic acids is 1.